The van der Waals surface area contributed by atoms with E-state index >= 15 is 0 Å². The minimum absolute atomic E-state index is 0.265. The molecule has 3 rings (SSSR count). The van der Waals surface area contributed by atoms with E-state index in [4.69, 9.17) is 4.74 Å². The van der Waals surface area contributed by atoms with Crippen LogP contribution in [0, 0.1) is 5.82 Å². The number of ether oxygens (including phenoxy) is 1. The highest BCUT2D eigenvalue weighted by molar-refractivity contribution is 7.12. The molecule has 0 fully saturated rings. The fourth-order valence-electron chi connectivity index (χ4n) is 2.43. The van der Waals surface area contributed by atoms with Crippen LogP contribution < -0.4 is 10.1 Å². The molecule has 0 radical (unpaired) electrons. The van der Waals surface area contributed by atoms with Crippen molar-refractivity contribution in [3.05, 3.63) is 70.2 Å². The lowest BCUT2D eigenvalue weighted by molar-refractivity contribution is 0.0942. The van der Waals surface area contributed by atoms with Gasteiger partial charge >= 0.3 is 0 Å². The second-order valence-corrected chi connectivity index (χ2v) is 6.09. The lowest BCUT2D eigenvalue weighted by Gasteiger charge is -2.19. The van der Waals surface area contributed by atoms with Crippen molar-refractivity contribution >= 4 is 17.2 Å². The number of nitrogens with one attached hydrogen (secondary N) is 1. The molecule has 2 heterocycles. The number of aryl methyl sites for hydroxylation is 1. The van der Waals surface area contributed by atoms with E-state index < -0.39 is 6.04 Å². The van der Waals surface area contributed by atoms with Gasteiger partial charge in [0.1, 0.15) is 28.3 Å². The quantitative estimate of drug-likeness (QED) is 0.773. The standard InChI is InChI=1S/C17H16FN3O2S/c1-21-9-8-19-16(21)14(11-3-5-12(18)6-4-11)20-17(22)15-13(23-2)7-10-24-15/h3-10,14H,1-2H3,(H,20,22). The van der Waals surface area contributed by atoms with E-state index in [2.05, 4.69) is 10.3 Å². The fourth-order valence-corrected chi connectivity index (χ4v) is 3.19. The van der Waals surface area contributed by atoms with Crippen LogP contribution in [0.5, 0.6) is 5.75 Å². The summed E-state index contributed by atoms with van der Waals surface area (Å²) in [5.41, 5.74) is 0.745. The molecule has 0 aliphatic heterocycles. The molecule has 1 amide bonds. The number of hydrogen-bond donors (Lipinski definition) is 1. The first-order chi connectivity index (χ1) is 11.6. The molecule has 7 heteroatoms. The molecule has 5 nitrogen and oxygen atoms in total. The van der Waals surface area contributed by atoms with Crippen LogP contribution in [-0.2, 0) is 7.05 Å². The highest BCUT2D eigenvalue weighted by Gasteiger charge is 2.23. The van der Waals surface area contributed by atoms with Crippen LogP contribution in [0.25, 0.3) is 0 Å². The van der Waals surface area contributed by atoms with Crippen LogP contribution in [0.4, 0.5) is 4.39 Å². The number of imidazole rings is 1. The van der Waals surface area contributed by atoms with Crippen LogP contribution in [0.15, 0.2) is 48.1 Å². The third kappa shape index (κ3) is 3.16. The molecule has 0 spiro atoms. The van der Waals surface area contributed by atoms with Crippen molar-refractivity contribution in [2.45, 2.75) is 6.04 Å². The summed E-state index contributed by atoms with van der Waals surface area (Å²) in [5.74, 6) is 0.587. The maximum Gasteiger partial charge on any atom is 0.266 e. The van der Waals surface area contributed by atoms with Gasteiger partial charge in [0.15, 0.2) is 0 Å². The summed E-state index contributed by atoms with van der Waals surface area (Å²) < 4.78 is 20.3. The molecule has 1 N–H and O–H groups in total. The Balaban J connectivity index is 1.95. The van der Waals surface area contributed by atoms with Crippen molar-refractivity contribution in [2.24, 2.45) is 7.05 Å². The minimum Gasteiger partial charge on any atom is -0.495 e. The molecule has 0 aliphatic carbocycles. The Hall–Kier alpha value is -2.67. The highest BCUT2D eigenvalue weighted by Crippen LogP contribution is 2.27. The predicted molar refractivity (Wildman–Crippen MR) is 89.8 cm³/mol. The topological polar surface area (TPSA) is 56.1 Å². The lowest BCUT2D eigenvalue weighted by atomic mass is 10.1. The molecule has 0 saturated carbocycles. The molecule has 24 heavy (non-hydrogen) atoms. The van der Waals surface area contributed by atoms with Crippen LogP contribution in [0.1, 0.15) is 27.1 Å². The summed E-state index contributed by atoms with van der Waals surface area (Å²) in [7, 11) is 3.37. The van der Waals surface area contributed by atoms with Gasteiger partial charge in [0.2, 0.25) is 0 Å². The molecular weight excluding hydrogens is 329 g/mol. The monoisotopic (exact) mass is 345 g/mol. The first-order valence-electron chi connectivity index (χ1n) is 7.25. The largest absolute Gasteiger partial charge is 0.495 e. The van der Waals surface area contributed by atoms with E-state index in [0.717, 1.165) is 5.56 Å². The second-order valence-electron chi connectivity index (χ2n) is 5.17. The minimum atomic E-state index is -0.495. The number of amides is 1. The molecule has 1 atom stereocenters. The Morgan fingerprint density at radius 2 is 2.08 bits per heavy atom. The third-order valence-corrected chi connectivity index (χ3v) is 4.55. The van der Waals surface area contributed by atoms with Gasteiger partial charge in [-0.05, 0) is 29.1 Å². The van der Waals surface area contributed by atoms with Crippen LogP contribution in [0.2, 0.25) is 0 Å². The van der Waals surface area contributed by atoms with Gasteiger partial charge in [-0.2, -0.15) is 0 Å². The molecule has 2 aromatic heterocycles. The van der Waals surface area contributed by atoms with Gasteiger partial charge in [0.05, 0.1) is 7.11 Å². The molecule has 0 bridgehead atoms. The van der Waals surface area contributed by atoms with Gasteiger partial charge in [0, 0.05) is 19.4 Å². The van der Waals surface area contributed by atoms with Gasteiger partial charge in [-0.25, -0.2) is 9.37 Å². The molecule has 0 aliphatic rings. The van der Waals surface area contributed by atoms with Crippen molar-refractivity contribution in [1.29, 1.82) is 0 Å². The average molecular weight is 345 g/mol. The summed E-state index contributed by atoms with van der Waals surface area (Å²) in [6.45, 7) is 0. The number of methoxy groups -OCH3 is 1. The number of nitrogens with zero attached hydrogens (tertiary/aromatic N) is 2. The number of carbonyl (C=O) groups excluding carboxylic acids is 1. The van der Waals surface area contributed by atoms with Gasteiger partial charge in [-0.15, -0.1) is 11.3 Å². The fraction of sp³-hybridized carbons (Fsp3) is 0.176. The molecule has 124 valence electrons. The predicted octanol–water partition coefficient (Wildman–Crippen LogP) is 3.15. The van der Waals surface area contributed by atoms with Crippen molar-refractivity contribution in [3.8, 4) is 5.75 Å². The second kappa shape index (κ2) is 6.84. The Morgan fingerprint density at radius 3 is 2.71 bits per heavy atom. The van der Waals surface area contributed by atoms with E-state index in [0.29, 0.717) is 16.5 Å². The number of aromatic nitrogens is 2. The molecule has 1 aromatic carbocycles. The zero-order valence-electron chi connectivity index (χ0n) is 13.2. The number of carbonyl (C=O) groups is 1. The Bertz CT molecular complexity index is 842. The van der Waals surface area contributed by atoms with Crippen molar-refractivity contribution in [3.63, 3.8) is 0 Å². The van der Waals surface area contributed by atoms with Gasteiger partial charge in [-0.1, -0.05) is 12.1 Å². The van der Waals surface area contributed by atoms with Gasteiger partial charge in [0.25, 0.3) is 5.91 Å². The smallest absolute Gasteiger partial charge is 0.266 e. The SMILES string of the molecule is COc1ccsc1C(=O)NC(c1ccc(F)cc1)c1nccn1C. The summed E-state index contributed by atoms with van der Waals surface area (Å²) in [6.07, 6.45) is 3.45. The number of thiophene rings is 1. The molecule has 3 aromatic rings. The maximum absolute atomic E-state index is 13.2. The third-order valence-electron chi connectivity index (χ3n) is 3.65. The summed E-state index contributed by atoms with van der Waals surface area (Å²) in [5, 5.41) is 4.75. The first-order valence-corrected chi connectivity index (χ1v) is 8.13. The normalized spacial score (nSPS) is 12.0. The van der Waals surface area contributed by atoms with E-state index in [1.807, 2.05) is 11.6 Å². The van der Waals surface area contributed by atoms with E-state index in [9.17, 15) is 9.18 Å². The number of benzene rings is 1. The summed E-state index contributed by atoms with van der Waals surface area (Å²) >= 11 is 1.30. The first kappa shape index (κ1) is 16.2. The zero-order chi connectivity index (χ0) is 17.1. The molecule has 1 unspecified atom stereocenters. The van der Waals surface area contributed by atoms with Crippen molar-refractivity contribution in [2.75, 3.05) is 7.11 Å². The Morgan fingerprint density at radius 1 is 1.33 bits per heavy atom. The van der Waals surface area contributed by atoms with Crippen LogP contribution in [0.3, 0.4) is 0 Å². The summed E-state index contributed by atoms with van der Waals surface area (Å²) in [6, 6.07) is 7.26. The molecule has 0 saturated heterocycles. The number of hydrogen-bond acceptors (Lipinski definition) is 4. The number of rotatable bonds is 5. The lowest BCUT2D eigenvalue weighted by Crippen LogP contribution is -2.30. The van der Waals surface area contributed by atoms with Crippen LogP contribution in [-0.4, -0.2) is 22.6 Å². The average Bonchev–Trinajstić information content (AvgIpc) is 3.22. The molecular formula is C17H16FN3O2S. The van der Waals surface area contributed by atoms with E-state index in [1.165, 1.54) is 30.6 Å². The van der Waals surface area contributed by atoms with Crippen molar-refractivity contribution in [1.82, 2.24) is 14.9 Å². The van der Waals surface area contributed by atoms with Gasteiger partial charge in [-0.3, -0.25) is 4.79 Å². The maximum atomic E-state index is 13.2. The number of halogens is 1. The van der Waals surface area contributed by atoms with E-state index in [-0.39, 0.29) is 11.7 Å². The van der Waals surface area contributed by atoms with E-state index in [1.54, 1.807) is 36.0 Å². The van der Waals surface area contributed by atoms with Crippen molar-refractivity contribution < 1.29 is 13.9 Å². The summed E-state index contributed by atoms with van der Waals surface area (Å²) in [4.78, 5) is 17.5. The van der Waals surface area contributed by atoms with Crippen LogP contribution >= 0.6 is 11.3 Å². The Labute approximate surface area is 142 Å². The van der Waals surface area contributed by atoms with Gasteiger partial charge < -0.3 is 14.6 Å². The zero-order valence-corrected chi connectivity index (χ0v) is 14.0. The Kier molecular flexibility index (Phi) is 4.61. The highest BCUT2D eigenvalue weighted by atomic mass is 32.1.